The number of anilines is 2. The van der Waals surface area contributed by atoms with Gasteiger partial charge in [-0.15, -0.1) is 0 Å². The lowest BCUT2D eigenvalue weighted by atomic mass is 10.2. The highest BCUT2D eigenvalue weighted by atomic mass is 16.5. The first-order valence-electron chi connectivity index (χ1n) is 6.05. The third kappa shape index (κ3) is 3.00. The van der Waals surface area contributed by atoms with E-state index in [-0.39, 0.29) is 11.8 Å². The average Bonchev–Trinajstić information content (AvgIpc) is 2.49. The van der Waals surface area contributed by atoms with Crippen LogP contribution in [0, 0.1) is 0 Å². The highest BCUT2D eigenvalue weighted by molar-refractivity contribution is 5.96. The van der Waals surface area contributed by atoms with E-state index in [1.807, 2.05) is 6.92 Å². The fourth-order valence-electron chi connectivity index (χ4n) is 1.75. The fraction of sp³-hybridized carbons (Fsp3) is 0.385. The van der Waals surface area contributed by atoms with Gasteiger partial charge in [0.1, 0.15) is 5.75 Å². The molecule has 0 unspecified atom stereocenters. The van der Waals surface area contributed by atoms with E-state index in [9.17, 15) is 9.59 Å². The maximum atomic E-state index is 11.5. The Kier molecular flexibility index (Phi) is 3.82. The van der Waals surface area contributed by atoms with Gasteiger partial charge in [-0.3, -0.25) is 9.59 Å². The molecule has 1 aromatic carbocycles. The Bertz CT molecular complexity index is 471. The summed E-state index contributed by atoms with van der Waals surface area (Å²) in [5.74, 6) is 0.526. The lowest BCUT2D eigenvalue weighted by Gasteiger charge is -2.10. The van der Waals surface area contributed by atoms with Crippen molar-refractivity contribution in [2.45, 2.75) is 26.2 Å². The Morgan fingerprint density at radius 3 is 3.11 bits per heavy atom. The summed E-state index contributed by atoms with van der Waals surface area (Å²) in [4.78, 5) is 22.9. The first kappa shape index (κ1) is 12.4. The van der Waals surface area contributed by atoms with Crippen molar-refractivity contribution in [3.8, 4) is 5.75 Å². The largest absolute Gasteiger partial charge is 0.491 e. The first-order valence-corrected chi connectivity index (χ1v) is 6.05. The number of ether oxygens (including phenoxy) is 1. The topological polar surface area (TPSA) is 67.4 Å². The molecule has 5 heteroatoms. The second-order valence-electron chi connectivity index (χ2n) is 4.16. The van der Waals surface area contributed by atoms with E-state index in [0.29, 0.717) is 36.6 Å². The van der Waals surface area contributed by atoms with E-state index in [1.165, 1.54) is 0 Å². The highest BCUT2D eigenvalue weighted by Crippen LogP contribution is 2.30. The number of hydrogen-bond acceptors (Lipinski definition) is 3. The van der Waals surface area contributed by atoms with Gasteiger partial charge < -0.3 is 15.4 Å². The molecule has 0 radical (unpaired) electrons. The van der Waals surface area contributed by atoms with Gasteiger partial charge in [-0.1, -0.05) is 6.92 Å². The molecule has 0 saturated heterocycles. The van der Waals surface area contributed by atoms with Crippen LogP contribution in [-0.4, -0.2) is 18.4 Å². The van der Waals surface area contributed by atoms with Crippen molar-refractivity contribution in [2.75, 3.05) is 17.2 Å². The number of carbonyl (C=O) groups excluding carboxylic acids is 2. The summed E-state index contributed by atoms with van der Waals surface area (Å²) in [6, 6.07) is 5.23. The molecule has 18 heavy (non-hydrogen) atoms. The zero-order valence-electron chi connectivity index (χ0n) is 10.3. The van der Waals surface area contributed by atoms with Crippen LogP contribution in [0.5, 0.6) is 5.75 Å². The van der Waals surface area contributed by atoms with Gasteiger partial charge in [0.05, 0.1) is 18.7 Å². The van der Waals surface area contributed by atoms with Crippen LogP contribution in [0.15, 0.2) is 18.2 Å². The second kappa shape index (κ2) is 5.53. The molecule has 5 nitrogen and oxygen atoms in total. The molecule has 0 atom stereocenters. The molecule has 2 amide bonds. The molecule has 1 aliphatic heterocycles. The molecule has 1 aliphatic rings. The fourth-order valence-corrected chi connectivity index (χ4v) is 1.75. The lowest BCUT2D eigenvalue weighted by molar-refractivity contribution is -0.117. The first-order chi connectivity index (χ1) is 8.69. The summed E-state index contributed by atoms with van der Waals surface area (Å²) in [5.41, 5.74) is 1.27. The number of carbonyl (C=O) groups is 2. The molecule has 96 valence electrons. The zero-order chi connectivity index (χ0) is 13.0. The smallest absolute Gasteiger partial charge is 0.227 e. The summed E-state index contributed by atoms with van der Waals surface area (Å²) in [6.45, 7) is 2.32. The molecule has 0 saturated carbocycles. The van der Waals surface area contributed by atoms with Crippen molar-refractivity contribution in [2.24, 2.45) is 0 Å². The molecule has 0 bridgehead atoms. The summed E-state index contributed by atoms with van der Waals surface area (Å²) >= 11 is 0. The molecular formula is C13H16N2O3. The predicted octanol–water partition coefficient (Wildman–Crippen LogP) is 2.15. The van der Waals surface area contributed by atoms with E-state index in [4.69, 9.17) is 4.74 Å². The molecule has 0 aliphatic carbocycles. The van der Waals surface area contributed by atoms with E-state index < -0.39 is 0 Å². The zero-order valence-corrected chi connectivity index (χ0v) is 10.3. The van der Waals surface area contributed by atoms with Crippen molar-refractivity contribution in [3.05, 3.63) is 18.2 Å². The SMILES string of the molecule is CCCC(=O)Nc1ccc2c(c1)NC(=O)CCO2. The molecular weight excluding hydrogens is 232 g/mol. The molecule has 0 fully saturated rings. The van der Waals surface area contributed by atoms with Crippen molar-refractivity contribution in [1.82, 2.24) is 0 Å². The lowest BCUT2D eigenvalue weighted by Crippen LogP contribution is -2.12. The molecule has 1 aromatic rings. The Balaban J connectivity index is 2.15. The number of nitrogens with one attached hydrogen (secondary N) is 2. The number of hydrogen-bond donors (Lipinski definition) is 2. The number of rotatable bonds is 3. The standard InChI is InChI=1S/C13H16N2O3/c1-2-3-12(16)14-9-4-5-11-10(8-9)15-13(17)6-7-18-11/h4-5,8H,2-3,6-7H2,1H3,(H,14,16)(H,15,17). The van der Waals surface area contributed by atoms with Gasteiger partial charge >= 0.3 is 0 Å². The van der Waals surface area contributed by atoms with Gasteiger partial charge in [-0.25, -0.2) is 0 Å². The van der Waals surface area contributed by atoms with Crippen molar-refractivity contribution < 1.29 is 14.3 Å². The minimum absolute atomic E-state index is 0.0293. The number of benzene rings is 1. The van der Waals surface area contributed by atoms with Gasteiger partial charge in [-0.05, 0) is 24.6 Å². The van der Waals surface area contributed by atoms with Gasteiger partial charge in [0.15, 0.2) is 0 Å². The maximum Gasteiger partial charge on any atom is 0.227 e. The van der Waals surface area contributed by atoms with Crippen LogP contribution < -0.4 is 15.4 Å². The third-order valence-corrected chi connectivity index (χ3v) is 2.60. The maximum absolute atomic E-state index is 11.5. The van der Waals surface area contributed by atoms with Crippen LogP contribution in [0.4, 0.5) is 11.4 Å². The molecule has 1 heterocycles. The van der Waals surface area contributed by atoms with Gasteiger partial charge in [0.25, 0.3) is 0 Å². The normalized spacial score (nSPS) is 13.9. The Morgan fingerprint density at radius 1 is 1.50 bits per heavy atom. The van der Waals surface area contributed by atoms with Crippen LogP contribution >= 0.6 is 0 Å². The Hall–Kier alpha value is -2.04. The summed E-state index contributed by atoms with van der Waals surface area (Å²) in [7, 11) is 0. The van der Waals surface area contributed by atoms with Crippen molar-refractivity contribution in [3.63, 3.8) is 0 Å². The second-order valence-corrected chi connectivity index (χ2v) is 4.16. The van der Waals surface area contributed by atoms with Crippen LogP contribution in [-0.2, 0) is 9.59 Å². The van der Waals surface area contributed by atoms with Gasteiger partial charge in [0.2, 0.25) is 11.8 Å². The van der Waals surface area contributed by atoms with Gasteiger partial charge in [-0.2, -0.15) is 0 Å². The monoisotopic (exact) mass is 248 g/mol. The van der Waals surface area contributed by atoms with E-state index in [1.54, 1.807) is 18.2 Å². The quantitative estimate of drug-likeness (QED) is 0.861. The average molecular weight is 248 g/mol. The summed E-state index contributed by atoms with van der Waals surface area (Å²) in [6.07, 6.45) is 1.63. The minimum Gasteiger partial charge on any atom is -0.491 e. The molecule has 0 spiro atoms. The van der Waals surface area contributed by atoms with E-state index in [2.05, 4.69) is 10.6 Å². The number of amides is 2. The predicted molar refractivity (Wildman–Crippen MR) is 68.7 cm³/mol. The minimum atomic E-state index is -0.0780. The van der Waals surface area contributed by atoms with E-state index >= 15 is 0 Å². The third-order valence-electron chi connectivity index (χ3n) is 2.60. The highest BCUT2D eigenvalue weighted by Gasteiger charge is 2.14. The summed E-state index contributed by atoms with van der Waals surface area (Å²) < 4.78 is 5.43. The summed E-state index contributed by atoms with van der Waals surface area (Å²) in [5, 5.41) is 5.54. The van der Waals surface area contributed by atoms with Crippen LogP contribution in [0.3, 0.4) is 0 Å². The molecule has 2 rings (SSSR count). The van der Waals surface area contributed by atoms with E-state index in [0.717, 1.165) is 6.42 Å². The number of fused-ring (bicyclic) bond motifs is 1. The van der Waals surface area contributed by atoms with Crippen LogP contribution in [0.25, 0.3) is 0 Å². The van der Waals surface area contributed by atoms with Crippen molar-refractivity contribution in [1.29, 1.82) is 0 Å². The van der Waals surface area contributed by atoms with Crippen LogP contribution in [0.1, 0.15) is 26.2 Å². The van der Waals surface area contributed by atoms with Gasteiger partial charge in [0, 0.05) is 12.1 Å². The molecule has 2 N–H and O–H groups in total. The van der Waals surface area contributed by atoms with Crippen LogP contribution in [0.2, 0.25) is 0 Å². The Morgan fingerprint density at radius 2 is 2.33 bits per heavy atom. The Labute approximate surface area is 106 Å². The van der Waals surface area contributed by atoms with Crippen molar-refractivity contribution >= 4 is 23.2 Å². The molecule has 0 aromatic heterocycles.